The molecule has 0 unspecified atom stereocenters. The molecule has 198 valence electrons. The van der Waals surface area contributed by atoms with Crippen LogP contribution in [0.3, 0.4) is 0 Å². The van der Waals surface area contributed by atoms with Gasteiger partial charge in [0.15, 0.2) is 0 Å². The van der Waals surface area contributed by atoms with Crippen molar-refractivity contribution in [3.63, 3.8) is 0 Å². The number of benzene rings is 2. The van der Waals surface area contributed by atoms with Gasteiger partial charge in [-0.2, -0.15) is 0 Å². The predicted molar refractivity (Wildman–Crippen MR) is 136 cm³/mol. The van der Waals surface area contributed by atoms with Crippen LogP contribution in [0.25, 0.3) is 10.9 Å². The predicted octanol–water partition coefficient (Wildman–Crippen LogP) is 4.05. The maximum atomic E-state index is 13.5. The molecular formula is C25H29N3O8S. The van der Waals surface area contributed by atoms with Crippen molar-refractivity contribution in [1.82, 2.24) is 8.87 Å². The summed E-state index contributed by atoms with van der Waals surface area (Å²) in [5, 5.41) is 11.9. The average molecular weight is 532 g/mol. The van der Waals surface area contributed by atoms with Gasteiger partial charge in [0.1, 0.15) is 11.6 Å². The lowest BCUT2D eigenvalue weighted by atomic mass is 10.0. The average Bonchev–Trinajstić information content (AvgIpc) is 3.20. The van der Waals surface area contributed by atoms with Crippen LogP contribution in [0.15, 0.2) is 53.6 Å². The van der Waals surface area contributed by atoms with E-state index in [1.165, 1.54) is 43.6 Å². The lowest BCUT2D eigenvalue weighted by Gasteiger charge is -2.29. The van der Waals surface area contributed by atoms with Crippen LogP contribution in [-0.2, 0) is 30.7 Å². The molecule has 0 aliphatic rings. The van der Waals surface area contributed by atoms with Crippen molar-refractivity contribution in [3.05, 3.63) is 69.9 Å². The number of fused-ring (bicyclic) bond motifs is 1. The standard InChI is InChI=1S/C25H29N3O8S/c1-16-10-12-18(13-11-16)37(33,34)27-15-17(22-19(27)8-7-9-20(22)28(31)32)14-21(23(29)35-6)26(5)24(30)36-25(2,3)4/h7-13,15,21H,14H2,1-6H3/t21-/m1/s1. The van der Waals surface area contributed by atoms with Gasteiger partial charge < -0.3 is 9.47 Å². The number of aromatic nitrogens is 1. The van der Waals surface area contributed by atoms with E-state index < -0.39 is 38.7 Å². The third-order valence-electron chi connectivity index (χ3n) is 5.66. The Labute approximate surface area is 214 Å². The molecule has 3 aromatic rings. The zero-order chi connectivity index (χ0) is 27.7. The minimum atomic E-state index is -4.15. The number of aryl methyl sites for hydroxylation is 1. The molecule has 11 nitrogen and oxygen atoms in total. The van der Waals surface area contributed by atoms with Crippen molar-refractivity contribution in [2.75, 3.05) is 14.2 Å². The van der Waals surface area contributed by atoms with Gasteiger partial charge in [-0.1, -0.05) is 23.8 Å². The molecule has 1 atom stereocenters. The molecule has 0 saturated carbocycles. The van der Waals surface area contributed by atoms with Crippen LogP contribution in [0.2, 0.25) is 0 Å². The summed E-state index contributed by atoms with van der Waals surface area (Å²) in [6, 6.07) is 9.01. The van der Waals surface area contributed by atoms with Gasteiger partial charge >= 0.3 is 12.1 Å². The van der Waals surface area contributed by atoms with E-state index in [4.69, 9.17) is 9.47 Å². The number of carbonyl (C=O) groups excluding carboxylic acids is 2. The largest absolute Gasteiger partial charge is 0.467 e. The zero-order valence-corrected chi connectivity index (χ0v) is 22.2. The summed E-state index contributed by atoms with van der Waals surface area (Å²) in [4.78, 5) is 37.7. The van der Waals surface area contributed by atoms with Gasteiger partial charge in [-0.3, -0.25) is 15.0 Å². The molecule has 1 amide bonds. The summed E-state index contributed by atoms with van der Waals surface area (Å²) >= 11 is 0. The Balaban J connectivity index is 2.20. The monoisotopic (exact) mass is 531 g/mol. The Kier molecular flexibility index (Phi) is 7.63. The molecule has 3 rings (SSSR count). The first-order chi connectivity index (χ1) is 17.2. The number of methoxy groups -OCH3 is 1. The number of carbonyl (C=O) groups is 2. The number of ether oxygens (including phenoxy) is 2. The number of amides is 1. The number of rotatable bonds is 7. The normalized spacial score (nSPS) is 12.7. The van der Waals surface area contributed by atoms with Crippen molar-refractivity contribution in [3.8, 4) is 0 Å². The number of nitro groups is 1. The third-order valence-corrected chi connectivity index (χ3v) is 7.35. The van der Waals surface area contributed by atoms with E-state index in [-0.39, 0.29) is 33.5 Å². The summed E-state index contributed by atoms with van der Waals surface area (Å²) in [6.45, 7) is 6.81. The van der Waals surface area contributed by atoms with Gasteiger partial charge in [0, 0.05) is 25.7 Å². The Morgan fingerprint density at radius 2 is 1.76 bits per heavy atom. The molecule has 0 fully saturated rings. The minimum Gasteiger partial charge on any atom is -0.467 e. The SMILES string of the molecule is COC(=O)[C@@H](Cc1cn(S(=O)(=O)c2ccc(C)cc2)c2cccc([N+](=O)[O-])c12)N(C)C(=O)OC(C)(C)C. The summed E-state index contributed by atoms with van der Waals surface area (Å²) in [5.41, 5.74) is -0.0899. The number of esters is 1. The molecule has 1 aromatic heterocycles. The molecule has 2 aromatic carbocycles. The molecule has 0 N–H and O–H groups in total. The first kappa shape index (κ1) is 27.7. The number of nitrogens with zero attached hydrogens (tertiary/aromatic N) is 3. The van der Waals surface area contributed by atoms with Crippen LogP contribution in [0.1, 0.15) is 31.9 Å². The second-order valence-electron chi connectivity index (χ2n) is 9.53. The van der Waals surface area contributed by atoms with Crippen molar-refractivity contribution in [1.29, 1.82) is 0 Å². The van der Waals surface area contributed by atoms with Crippen molar-refractivity contribution < 1.29 is 32.4 Å². The molecule has 37 heavy (non-hydrogen) atoms. The van der Waals surface area contributed by atoms with Gasteiger partial charge in [-0.25, -0.2) is 22.0 Å². The molecule has 0 bridgehead atoms. The Hall–Kier alpha value is -3.93. The van der Waals surface area contributed by atoms with Crippen LogP contribution in [0.5, 0.6) is 0 Å². The molecule has 0 radical (unpaired) electrons. The van der Waals surface area contributed by atoms with E-state index in [2.05, 4.69) is 0 Å². The van der Waals surface area contributed by atoms with E-state index >= 15 is 0 Å². The van der Waals surface area contributed by atoms with Gasteiger partial charge in [-0.05, 0) is 51.5 Å². The van der Waals surface area contributed by atoms with Crippen molar-refractivity contribution >= 4 is 38.7 Å². The fourth-order valence-electron chi connectivity index (χ4n) is 3.83. The number of hydrogen-bond donors (Lipinski definition) is 0. The van der Waals surface area contributed by atoms with Gasteiger partial charge in [0.25, 0.3) is 15.7 Å². The fraction of sp³-hybridized carbons (Fsp3) is 0.360. The molecule has 12 heteroatoms. The van der Waals surface area contributed by atoms with Crippen LogP contribution in [0, 0.1) is 17.0 Å². The highest BCUT2D eigenvalue weighted by atomic mass is 32.2. The van der Waals surface area contributed by atoms with Gasteiger partial charge in [-0.15, -0.1) is 0 Å². The van der Waals surface area contributed by atoms with Crippen molar-refractivity contribution in [2.45, 2.75) is 50.7 Å². The summed E-state index contributed by atoms with van der Waals surface area (Å²) < 4.78 is 38.3. The summed E-state index contributed by atoms with van der Waals surface area (Å²) in [7, 11) is -1.67. The minimum absolute atomic E-state index is 0.0107. The smallest absolute Gasteiger partial charge is 0.410 e. The Morgan fingerprint density at radius 3 is 2.30 bits per heavy atom. The number of likely N-dealkylation sites (N-methyl/N-ethyl adjacent to an activating group) is 1. The van der Waals surface area contributed by atoms with Gasteiger partial charge in [0.05, 0.1) is 27.8 Å². The lowest BCUT2D eigenvalue weighted by Crippen LogP contribution is -2.46. The van der Waals surface area contributed by atoms with E-state index in [0.29, 0.717) is 0 Å². The van der Waals surface area contributed by atoms with E-state index in [0.717, 1.165) is 21.5 Å². The Morgan fingerprint density at radius 1 is 1.14 bits per heavy atom. The zero-order valence-electron chi connectivity index (χ0n) is 21.4. The fourth-order valence-corrected chi connectivity index (χ4v) is 5.21. The maximum Gasteiger partial charge on any atom is 0.410 e. The molecule has 0 spiro atoms. The maximum absolute atomic E-state index is 13.5. The molecule has 0 saturated heterocycles. The highest BCUT2D eigenvalue weighted by Gasteiger charge is 2.34. The van der Waals surface area contributed by atoms with Gasteiger partial charge in [0.2, 0.25) is 0 Å². The Bertz CT molecular complexity index is 1450. The van der Waals surface area contributed by atoms with E-state index in [1.54, 1.807) is 32.9 Å². The second kappa shape index (κ2) is 10.2. The third kappa shape index (κ3) is 5.74. The molecule has 1 heterocycles. The van der Waals surface area contributed by atoms with E-state index in [9.17, 15) is 28.1 Å². The summed E-state index contributed by atoms with van der Waals surface area (Å²) in [6.07, 6.45) is 0.166. The van der Waals surface area contributed by atoms with Crippen LogP contribution in [-0.4, -0.2) is 60.1 Å². The quantitative estimate of drug-likeness (QED) is 0.253. The van der Waals surface area contributed by atoms with Crippen molar-refractivity contribution in [2.24, 2.45) is 0 Å². The number of hydrogen-bond acceptors (Lipinski definition) is 8. The number of non-ortho nitro benzene ring substituents is 1. The van der Waals surface area contributed by atoms with Crippen LogP contribution in [0.4, 0.5) is 10.5 Å². The first-order valence-electron chi connectivity index (χ1n) is 11.3. The number of nitro benzene ring substituents is 1. The van der Waals surface area contributed by atoms with E-state index in [1.807, 2.05) is 6.92 Å². The molecule has 0 aliphatic carbocycles. The van der Waals surface area contributed by atoms with Crippen LogP contribution < -0.4 is 0 Å². The molecule has 0 aliphatic heterocycles. The highest BCUT2D eigenvalue weighted by Crippen LogP contribution is 2.34. The lowest BCUT2D eigenvalue weighted by molar-refractivity contribution is -0.383. The highest BCUT2D eigenvalue weighted by molar-refractivity contribution is 7.90. The topological polar surface area (TPSA) is 138 Å². The second-order valence-corrected chi connectivity index (χ2v) is 11.3. The summed E-state index contributed by atoms with van der Waals surface area (Å²) in [5.74, 6) is -0.797. The van der Waals surface area contributed by atoms with Crippen LogP contribution >= 0.6 is 0 Å². The first-order valence-corrected chi connectivity index (χ1v) is 12.7. The molecular weight excluding hydrogens is 502 g/mol.